The Labute approximate surface area is 93.1 Å². The van der Waals surface area contributed by atoms with Crippen LogP contribution in [-0.2, 0) is 6.54 Å². The summed E-state index contributed by atoms with van der Waals surface area (Å²) in [4.78, 5) is 4.28. The molecule has 2 aromatic rings. The molecule has 0 fully saturated rings. The molecule has 0 saturated carbocycles. The van der Waals surface area contributed by atoms with Crippen molar-refractivity contribution in [2.24, 2.45) is 0 Å². The van der Waals surface area contributed by atoms with Gasteiger partial charge in [0.1, 0.15) is 5.82 Å². The lowest BCUT2D eigenvalue weighted by atomic mass is 10.2. The van der Waals surface area contributed by atoms with E-state index < -0.39 is 0 Å². The lowest BCUT2D eigenvalue weighted by molar-refractivity contribution is 0.971. The first-order valence-electron chi connectivity index (χ1n) is 4.89. The van der Waals surface area contributed by atoms with Gasteiger partial charge < -0.3 is 5.32 Å². The van der Waals surface area contributed by atoms with E-state index in [0.29, 0.717) is 17.9 Å². The molecular formula is C11H11N5. The Bertz CT molecular complexity index is 510. The minimum Gasteiger partial charge on any atom is -0.364 e. The summed E-state index contributed by atoms with van der Waals surface area (Å²) >= 11 is 0. The summed E-state index contributed by atoms with van der Waals surface area (Å²) in [5.41, 5.74) is 2.41. The zero-order valence-corrected chi connectivity index (χ0v) is 8.86. The number of nitriles is 1. The SMILES string of the molecule is Cc1cc(C#N)cc(NCc2ccn[nH]2)n1. The van der Waals surface area contributed by atoms with Crippen molar-refractivity contribution in [1.29, 1.82) is 5.26 Å². The number of aromatic nitrogens is 3. The number of nitrogens with zero attached hydrogens (tertiary/aromatic N) is 3. The lowest BCUT2D eigenvalue weighted by Gasteiger charge is -2.05. The van der Waals surface area contributed by atoms with Crippen molar-refractivity contribution in [3.8, 4) is 6.07 Å². The molecule has 0 unspecified atom stereocenters. The van der Waals surface area contributed by atoms with Crippen LogP contribution in [-0.4, -0.2) is 15.2 Å². The molecule has 0 aliphatic carbocycles. The van der Waals surface area contributed by atoms with E-state index in [9.17, 15) is 0 Å². The molecule has 2 heterocycles. The van der Waals surface area contributed by atoms with Gasteiger partial charge in [0, 0.05) is 11.9 Å². The van der Waals surface area contributed by atoms with E-state index >= 15 is 0 Å². The molecule has 2 rings (SSSR count). The zero-order chi connectivity index (χ0) is 11.4. The number of anilines is 1. The lowest BCUT2D eigenvalue weighted by Crippen LogP contribution is -2.02. The molecule has 16 heavy (non-hydrogen) atoms. The van der Waals surface area contributed by atoms with E-state index in [1.165, 1.54) is 0 Å². The van der Waals surface area contributed by atoms with E-state index in [1.54, 1.807) is 18.3 Å². The number of aromatic amines is 1. The van der Waals surface area contributed by atoms with Crippen molar-refractivity contribution in [3.05, 3.63) is 41.3 Å². The third kappa shape index (κ3) is 2.36. The Balaban J connectivity index is 2.10. The van der Waals surface area contributed by atoms with Crippen LogP contribution in [0, 0.1) is 18.3 Å². The van der Waals surface area contributed by atoms with Gasteiger partial charge in [-0.2, -0.15) is 10.4 Å². The van der Waals surface area contributed by atoms with Crippen LogP contribution in [0.15, 0.2) is 24.4 Å². The molecule has 0 aliphatic rings. The Hall–Kier alpha value is -2.35. The van der Waals surface area contributed by atoms with Gasteiger partial charge in [0.25, 0.3) is 0 Å². The molecule has 5 nitrogen and oxygen atoms in total. The molecule has 0 aliphatic heterocycles. The first kappa shape index (κ1) is 10.2. The third-order valence-electron chi connectivity index (χ3n) is 2.10. The average molecular weight is 213 g/mol. The Morgan fingerprint density at radius 1 is 1.50 bits per heavy atom. The van der Waals surface area contributed by atoms with Gasteiger partial charge in [-0.05, 0) is 25.1 Å². The second-order valence-electron chi connectivity index (χ2n) is 3.43. The minimum atomic E-state index is 0.611. The van der Waals surface area contributed by atoms with Gasteiger partial charge >= 0.3 is 0 Å². The number of pyridine rings is 1. The molecule has 2 aromatic heterocycles. The van der Waals surface area contributed by atoms with Crippen molar-refractivity contribution in [2.45, 2.75) is 13.5 Å². The van der Waals surface area contributed by atoms with Crippen molar-refractivity contribution in [2.75, 3.05) is 5.32 Å². The van der Waals surface area contributed by atoms with Gasteiger partial charge in [-0.1, -0.05) is 0 Å². The monoisotopic (exact) mass is 213 g/mol. The van der Waals surface area contributed by atoms with Crippen LogP contribution in [0.1, 0.15) is 17.0 Å². The average Bonchev–Trinajstić information content (AvgIpc) is 2.78. The summed E-state index contributed by atoms with van der Waals surface area (Å²) in [6.45, 7) is 2.48. The van der Waals surface area contributed by atoms with Gasteiger partial charge in [0.2, 0.25) is 0 Å². The number of aryl methyl sites for hydroxylation is 1. The van der Waals surface area contributed by atoms with E-state index in [2.05, 4.69) is 26.6 Å². The minimum absolute atomic E-state index is 0.611. The van der Waals surface area contributed by atoms with E-state index in [1.807, 2.05) is 13.0 Å². The largest absolute Gasteiger partial charge is 0.364 e. The number of hydrogen-bond acceptors (Lipinski definition) is 4. The maximum Gasteiger partial charge on any atom is 0.127 e. The predicted octanol–water partition coefficient (Wildman–Crippen LogP) is 1.60. The van der Waals surface area contributed by atoms with Gasteiger partial charge in [-0.3, -0.25) is 5.10 Å². The summed E-state index contributed by atoms with van der Waals surface area (Å²) in [5, 5.41) is 18.6. The molecule has 80 valence electrons. The van der Waals surface area contributed by atoms with Crippen LogP contribution in [0.2, 0.25) is 0 Å². The summed E-state index contributed by atoms with van der Waals surface area (Å²) in [7, 11) is 0. The van der Waals surface area contributed by atoms with Crippen molar-refractivity contribution < 1.29 is 0 Å². The third-order valence-corrected chi connectivity index (χ3v) is 2.10. The molecule has 0 amide bonds. The Kier molecular flexibility index (Phi) is 2.83. The summed E-state index contributed by atoms with van der Waals surface area (Å²) < 4.78 is 0. The summed E-state index contributed by atoms with van der Waals surface area (Å²) in [6, 6.07) is 7.46. The summed E-state index contributed by atoms with van der Waals surface area (Å²) in [6.07, 6.45) is 1.70. The molecule has 0 radical (unpaired) electrons. The first-order chi connectivity index (χ1) is 7.78. The Morgan fingerprint density at radius 3 is 3.06 bits per heavy atom. The molecule has 0 saturated heterocycles. The Morgan fingerprint density at radius 2 is 2.38 bits per heavy atom. The van der Waals surface area contributed by atoms with Crippen LogP contribution in [0.3, 0.4) is 0 Å². The van der Waals surface area contributed by atoms with Crippen molar-refractivity contribution in [1.82, 2.24) is 15.2 Å². The van der Waals surface area contributed by atoms with Crippen LogP contribution in [0.25, 0.3) is 0 Å². The fourth-order valence-electron chi connectivity index (χ4n) is 1.39. The maximum absolute atomic E-state index is 8.82. The molecule has 0 spiro atoms. The summed E-state index contributed by atoms with van der Waals surface area (Å²) in [5.74, 6) is 0.700. The van der Waals surface area contributed by atoms with E-state index in [0.717, 1.165) is 11.4 Å². The smallest absolute Gasteiger partial charge is 0.127 e. The van der Waals surface area contributed by atoms with Gasteiger partial charge in [0.05, 0.1) is 23.9 Å². The number of rotatable bonds is 3. The number of H-pyrrole nitrogens is 1. The zero-order valence-electron chi connectivity index (χ0n) is 8.86. The standard InChI is InChI=1S/C11H11N5/c1-8-4-9(6-12)5-11(15-8)13-7-10-2-3-14-16-10/h2-5H,7H2,1H3,(H,13,15)(H,14,16). The normalized spacial score (nSPS) is 9.75. The highest BCUT2D eigenvalue weighted by Gasteiger charge is 2.00. The molecule has 0 atom stereocenters. The van der Waals surface area contributed by atoms with Crippen molar-refractivity contribution in [3.63, 3.8) is 0 Å². The molecular weight excluding hydrogens is 202 g/mol. The fraction of sp³-hybridized carbons (Fsp3) is 0.182. The van der Waals surface area contributed by atoms with Gasteiger partial charge in [0.15, 0.2) is 0 Å². The highest BCUT2D eigenvalue weighted by atomic mass is 15.1. The van der Waals surface area contributed by atoms with Crippen LogP contribution in [0.5, 0.6) is 0 Å². The molecule has 2 N–H and O–H groups in total. The molecule has 5 heteroatoms. The fourth-order valence-corrected chi connectivity index (χ4v) is 1.39. The highest BCUT2D eigenvalue weighted by Crippen LogP contribution is 2.10. The van der Waals surface area contributed by atoms with Gasteiger partial charge in [-0.25, -0.2) is 4.98 Å². The topological polar surface area (TPSA) is 77.4 Å². The van der Waals surface area contributed by atoms with E-state index in [-0.39, 0.29) is 0 Å². The van der Waals surface area contributed by atoms with Gasteiger partial charge in [-0.15, -0.1) is 0 Å². The van der Waals surface area contributed by atoms with E-state index in [4.69, 9.17) is 5.26 Å². The van der Waals surface area contributed by atoms with Crippen molar-refractivity contribution >= 4 is 5.82 Å². The molecule has 0 bridgehead atoms. The highest BCUT2D eigenvalue weighted by molar-refractivity contribution is 5.44. The predicted molar refractivity (Wildman–Crippen MR) is 59.6 cm³/mol. The maximum atomic E-state index is 8.82. The number of hydrogen-bond donors (Lipinski definition) is 2. The quantitative estimate of drug-likeness (QED) is 0.811. The van der Waals surface area contributed by atoms with Crippen LogP contribution < -0.4 is 5.32 Å². The molecule has 0 aromatic carbocycles. The van der Waals surface area contributed by atoms with Crippen LogP contribution in [0.4, 0.5) is 5.82 Å². The van der Waals surface area contributed by atoms with Crippen LogP contribution >= 0.6 is 0 Å². The second kappa shape index (κ2) is 4.45. The number of nitrogens with one attached hydrogen (secondary N) is 2. The first-order valence-corrected chi connectivity index (χ1v) is 4.89. The second-order valence-corrected chi connectivity index (χ2v) is 3.43.